The number of nitrogens with one attached hydrogen (secondary N) is 1. The molecule has 7 nitrogen and oxygen atoms in total. The van der Waals surface area contributed by atoms with Gasteiger partial charge in [0.05, 0.1) is 11.0 Å². The molecular weight excluding hydrogens is 280 g/mol. The van der Waals surface area contributed by atoms with Crippen molar-refractivity contribution in [3.05, 3.63) is 18.2 Å². The quantitative estimate of drug-likeness (QED) is 0.794. The topological polar surface area (TPSA) is 109 Å². The van der Waals surface area contributed by atoms with Crippen LogP contribution in [0.15, 0.2) is 23.4 Å². The van der Waals surface area contributed by atoms with E-state index in [1.165, 1.54) is 4.90 Å². The molecule has 1 aromatic heterocycles. The normalized spacial score (nSPS) is 11.7. The summed E-state index contributed by atoms with van der Waals surface area (Å²) in [6.07, 6.45) is 0. The zero-order chi connectivity index (χ0) is 14.9. The second-order valence-electron chi connectivity index (χ2n) is 4.49. The number of fused-ring (bicyclic) bond motifs is 1. The summed E-state index contributed by atoms with van der Waals surface area (Å²) < 4.78 is 24.3. The maximum absolute atomic E-state index is 12.1. The monoisotopic (exact) mass is 296 g/mol. The molecule has 3 N–H and O–H groups in total. The van der Waals surface area contributed by atoms with Gasteiger partial charge in [-0.05, 0) is 25.1 Å². The maximum Gasteiger partial charge on any atom is 0.238 e. The van der Waals surface area contributed by atoms with Gasteiger partial charge in [0, 0.05) is 19.3 Å². The Morgan fingerprint density at radius 3 is 2.80 bits per heavy atom. The van der Waals surface area contributed by atoms with Gasteiger partial charge in [0.15, 0.2) is 0 Å². The van der Waals surface area contributed by atoms with E-state index in [0.29, 0.717) is 23.3 Å². The minimum absolute atomic E-state index is 0.212. The van der Waals surface area contributed by atoms with Crippen molar-refractivity contribution >= 4 is 32.5 Å². The lowest BCUT2D eigenvalue weighted by Crippen LogP contribution is -2.32. The van der Waals surface area contributed by atoms with Crippen molar-refractivity contribution in [2.24, 2.45) is 0 Å². The first-order valence-electron chi connectivity index (χ1n) is 6.05. The van der Waals surface area contributed by atoms with Crippen molar-refractivity contribution in [1.29, 1.82) is 0 Å². The van der Waals surface area contributed by atoms with Crippen LogP contribution in [-0.2, 0) is 14.6 Å². The number of carbonyl (C=O) groups is 1. The van der Waals surface area contributed by atoms with Gasteiger partial charge in [-0.1, -0.05) is 0 Å². The first-order valence-corrected chi connectivity index (χ1v) is 7.70. The molecule has 2 rings (SSSR count). The minimum atomic E-state index is -3.79. The SMILES string of the molecule is CCN(C)C(=O)CS(=O)(=O)c1nc2ccc(N)cc2[nH]1. The van der Waals surface area contributed by atoms with Crippen molar-refractivity contribution < 1.29 is 13.2 Å². The molecule has 0 fully saturated rings. The molecule has 0 saturated heterocycles. The molecule has 0 saturated carbocycles. The Labute approximate surface area is 116 Å². The number of hydrogen-bond donors (Lipinski definition) is 2. The molecule has 0 aliphatic heterocycles. The van der Waals surface area contributed by atoms with Gasteiger partial charge in [0.25, 0.3) is 0 Å². The number of amides is 1. The number of sulfone groups is 1. The Bertz CT molecular complexity index is 751. The van der Waals surface area contributed by atoms with Crippen LogP contribution in [0.1, 0.15) is 6.92 Å². The van der Waals surface area contributed by atoms with E-state index in [0.717, 1.165) is 0 Å². The number of hydrogen-bond acceptors (Lipinski definition) is 5. The minimum Gasteiger partial charge on any atom is -0.399 e. The van der Waals surface area contributed by atoms with Crippen LogP contribution in [0.5, 0.6) is 0 Å². The molecule has 1 aromatic carbocycles. The second kappa shape index (κ2) is 5.12. The van der Waals surface area contributed by atoms with E-state index in [4.69, 9.17) is 5.73 Å². The lowest BCUT2D eigenvalue weighted by molar-refractivity contribution is -0.126. The summed E-state index contributed by atoms with van der Waals surface area (Å²) in [5.41, 5.74) is 7.15. The summed E-state index contributed by atoms with van der Waals surface area (Å²) in [7, 11) is -2.24. The highest BCUT2D eigenvalue weighted by molar-refractivity contribution is 7.91. The fourth-order valence-electron chi connectivity index (χ4n) is 1.67. The van der Waals surface area contributed by atoms with E-state index in [-0.39, 0.29) is 5.16 Å². The van der Waals surface area contributed by atoms with Crippen LogP contribution < -0.4 is 5.73 Å². The molecule has 0 aliphatic carbocycles. The third-order valence-electron chi connectivity index (χ3n) is 2.99. The summed E-state index contributed by atoms with van der Waals surface area (Å²) in [6, 6.07) is 4.86. The highest BCUT2D eigenvalue weighted by Gasteiger charge is 2.24. The summed E-state index contributed by atoms with van der Waals surface area (Å²) in [4.78, 5) is 19.7. The molecule has 0 spiro atoms. The number of nitrogens with two attached hydrogens (primary N) is 1. The first kappa shape index (κ1) is 14.3. The van der Waals surface area contributed by atoms with Gasteiger partial charge in [0.2, 0.25) is 20.9 Å². The number of rotatable bonds is 4. The molecule has 0 radical (unpaired) electrons. The van der Waals surface area contributed by atoms with Crippen molar-refractivity contribution in [3.8, 4) is 0 Å². The van der Waals surface area contributed by atoms with Crippen molar-refractivity contribution in [2.75, 3.05) is 25.1 Å². The van der Waals surface area contributed by atoms with E-state index in [2.05, 4.69) is 9.97 Å². The molecular formula is C12H16N4O3S. The van der Waals surface area contributed by atoms with E-state index in [1.807, 2.05) is 0 Å². The van der Waals surface area contributed by atoms with Crippen molar-refractivity contribution in [3.63, 3.8) is 0 Å². The van der Waals surface area contributed by atoms with E-state index in [9.17, 15) is 13.2 Å². The molecule has 20 heavy (non-hydrogen) atoms. The smallest absolute Gasteiger partial charge is 0.238 e. The molecule has 0 unspecified atom stereocenters. The number of aromatic nitrogens is 2. The van der Waals surface area contributed by atoms with E-state index < -0.39 is 21.5 Å². The van der Waals surface area contributed by atoms with Gasteiger partial charge in [-0.25, -0.2) is 13.4 Å². The molecule has 0 bridgehead atoms. The standard InChI is InChI=1S/C12H16N4O3S/c1-3-16(2)11(17)7-20(18,19)12-14-9-5-4-8(13)6-10(9)15-12/h4-6H,3,7,13H2,1-2H3,(H,14,15). The van der Waals surface area contributed by atoms with Gasteiger partial charge in [0.1, 0.15) is 5.75 Å². The van der Waals surface area contributed by atoms with Crippen LogP contribution in [0, 0.1) is 0 Å². The predicted molar refractivity (Wildman–Crippen MR) is 75.9 cm³/mol. The second-order valence-corrected chi connectivity index (χ2v) is 6.39. The Balaban J connectivity index is 2.34. The third kappa shape index (κ3) is 2.74. The van der Waals surface area contributed by atoms with Crippen LogP contribution in [0.25, 0.3) is 11.0 Å². The number of nitrogen functional groups attached to an aromatic ring is 1. The van der Waals surface area contributed by atoms with Gasteiger partial charge in [-0.3, -0.25) is 4.79 Å². The average Bonchev–Trinajstić information content (AvgIpc) is 2.80. The number of aromatic amines is 1. The Morgan fingerprint density at radius 1 is 1.45 bits per heavy atom. The molecule has 108 valence electrons. The van der Waals surface area contributed by atoms with Crippen LogP contribution in [0.2, 0.25) is 0 Å². The first-order chi connectivity index (χ1) is 9.33. The lowest BCUT2D eigenvalue weighted by atomic mass is 10.3. The van der Waals surface area contributed by atoms with Crippen molar-refractivity contribution in [1.82, 2.24) is 14.9 Å². The number of anilines is 1. The van der Waals surface area contributed by atoms with Gasteiger partial charge in [-0.15, -0.1) is 0 Å². The van der Waals surface area contributed by atoms with Crippen LogP contribution >= 0.6 is 0 Å². The Kier molecular flexibility index (Phi) is 3.67. The van der Waals surface area contributed by atoms with Crippen LogP contribution in [-0.4, -0.2) is 48.5 Å². The maximum atomic E-state index is 12.1. The highest BCUT2D eigenvalue weighted by Crippen LogP contribution is 2.18. The zero-order valence-corrected chi connectivity index (χ0v) is 12.1. The van der Waals surface area contributed by atoms with Gasteiger partial charge in [-0.2, -0.15) is 0 Å². The fraction of sp³-hybridized carbons (Fsp3) is 0.333. The predicted octanol–water partition coefficient (Wildman–Crippen LogP) is 0.397. The molecule has 1 heterocycles. The Morgan fingerprint density at radius 2 is 2.15 bits per heavy atom. The Hall–Kier alpha value is -2.09. The number of nitrogens with zero attached hydrogens (tertiary/aromatic N) is 2. The zero-order valence-electron chi connectivity index (χ0n) is 11.3. The number of H-pyrrole nitrogens is 1. The molecule has 0 atom stereocenters. The van der Waals surface area contributed by atoms with Crippen LogP contribution in [0.3, 0.4) is 0 Å². The van der Waals surface area contributed by atoms with Crippen molar-refractivity contribution in [2.45, 2.75) is 12.1 Å². The molecule has 8 heteroatoms. The summed E-state index contributed by atoms with van der Waals surface area (Å²) in [6.45, 7) is 2.22. The highest BCUT2D eigenvalue weighted by atomic mass is 32.2. The van der Waals surface area contributed by atoms with E-state index in [1.54, 1.807) is 32.2 Å². The fourth-order valence-corrected chi connectivity index (χ4v) is 2.85. The number of carbonyl (C=O) groups excluding carboxylic acids is 1. The van der Waals surface area contributed by atoms with Gasteiger partial charge < -0.3 is 15.6 Å². The number of benzene rings is 1. The average molecular weight is 296 g/mol. The molecule has 2 aromatic rings. The number of imidazole rings is 1. The van der Waals surface area contributed by atoms with Crippen LogP contribution in [0.4, 0.5) is 5.69 Å². The molecule has 0 aliphatic rings. The summed E-state index contributed by atoms with van der Waals surface area (Å²) in [5.74, 6) is -1.07. The van der Waals surface area contributed by atoms with Gasteiger partial charge >= 0.3 is 0 Å². The summed E-state index contributed by atoms with van der Waals surface area (Å²) >= 11 is 0. The third-order valence-corrected chi connectivity index (χ3v) is 4.40. The largest absolute Gasteiger partial charge is 0.399 e. The summed E-state index contributed by atoms with van der Waals surface area (Å²) in [5, 5.41) is -0.212. The molecule has 1 amide bonds. The lowest BCUT2D eigenvalue weighted by Gasteiger charge is -2.13. The van der Waals surface area contributed by atoms with E-state index >= 15 is 0 Å².